The highest BCUT2D eigenvalue weighted by Gasteiger charge is 2.31. The molecule has 0 fully saturated rings. The number of anilines is 1. The van der Waals surface area contributed by atoms with Gasteiger partial charge in [-0.3, -0.25) is 9.78 Å². The molecule has 156 valence electrons. The van der Waals surface area contributed by atoms with Gasteiger partial charge in [-0.15, -0.1) is 0 Å². The molecule has 0 radical (unpaired) electrons. The highest BCUT2D eigenvalue weighted by molar-refractivity contribution is 5.98. The van der Waals surface area contributed by atoms with Crippen LogP contribution in [0.3, 0.4) is 0 Å². The van der Waals surface area contributed by atoms with Crippen molar-refractivity contribution in [2.75, 3.05) is 12.8 Å². The van der Waals surface area contributed by atoms with Gasteiger partial charge in [-0.25, -0.2) is 9.97 Å². The number of aromatic nitrogens is 3. The smallest absolute Gasteiger partial charge is 0.383 e. The summed E-state index contributed by atoms with van der Waals surface area (Å²) in [6, 6.07) is 3.36. The molecule has 0 bridgehead atoms. The number of carbonyl (C=O) groups is 1. The van der Waals surface area contributed by atoms with Crippen LogP contribution in [0.2, 0.25) is 0 Å². The van der Waals surface area contributed by atoms with E-state index in [0.717, 1.165) is 23.4 Å². The minimum absolute atomic E-state index is 0.324. The summed E-state index contributed by atoms with van der Waals surface area (Å²) < 4.78 is 43.7. The molecule has 0 aliphatic carbocycles. The van der Waals surface area contributed by atoms with E-state index < -0.39 is 17.8 Å². The molecule has 0 aromatic carbocycles. The number of carbonyl (C=O) groups excluding carboxylic acids is 1. The summed E-state index contributed by atoms with van der Waals surface area (Å²) in [5.41, 5.74) is 7.85. The van der Waals surface area contributed by atoms with Crippen molar-refractivity contribution in [1.82, 2.24) is 19.9 Å². The number of halogens is 3. The van der Waals surface area contributed by atoms with Crippen molar-refractivity contribution in [1.29, 1.82) is 0 Å². The SMILES string of the molecule is C[C@H](c1ccc(C(F)(F)F)cn1)N(C)C(=O)c1cnc2nc(N)c3c(c2c1)COC3. The van der Waals surface area contributed by atoms with Crippen molar-refractivity contribution in [2.24, 2.45) is 0 Å². The lowest BCUT2D eigenvalue weighted by molar-refractivity contribution is -0.137. The van der Waals surface area contributed by atoms with Crippen molar-refractivity contribution < 1.29 is 22.7 Å². The molecular formula is C20H18F3N5O2. The van der Waals surface area contributed by atoms with E-state index in [0.29, 0.717) is 41.3 Å². The van der Waals surface area contributed by atoms with E-state index in [1.54, 1.807) is 20.0 Å². The van der Waals surface area contributed by atoms with Crippen LogP contribution >= 0.6 is 0 Å². The third kappa shape index (κ3) is 3.43. The van der Waals surface area contributed by atoms with Crippen LogP contribution in [0.25, 0.3) is 11.0 Å². The molecule has 4 heterocycles. The van der Waals surface area contributed by atoms with Gasteiger partial charge < -0.3 is 15.4 Å². The van der Waals surface area contributed by atoms with E-state index >= 15 is 0 Å². The first-order valence-electron chi connectivity index (χ1n) is 9.12. The van der Waals surface area contributed by atoms with Gasteiger partial charge in [0.2, 0.25) is 0 Å². The van der Waals surface area contributed by atoms with Crippen LogP contribution in [0.1, 0.15) is 45.7 Å². The Morgan fingerprint density at radius 2 is 1.93 bits per heavy atom. The molecule has 1 amide bonds. The monoisotopic (exact) mass is 417 g/mol. The van der Waals surface area contributed by atoms with E-state index in [-0.39, 0.29) is 5.91 Å². The maximum absolute atomic E-state index is 13.0. The maximum Gasteiger partial charge on any atom is 0.417 e. The average Bonchev–Trinajstić information content (AvgIpc) is 3.22. The number of alkyl halides is 3. The molecule has 0 unspecified atom stereocenters. The fraction of sp³-hybridized carbons (Fsp3) is 0.300. The van der Waals surface area contributed by atoms with Gasteiger partial charge in [0.15, 0.2) is 5.65 Å². The van der Waals surface area contributed by atoms with Crippen molar-refractivity contribution in [3.05, 3.63) is 58.5 Å². The van der Waals surface area contributed by atoms with E-state index in [1.807, 2.05) is 0 Å². The van der Waals surface area contributed by atoms with Gasteiger partial charge in [0, 0.05) is 30.4 Å². The van der Waals surface area contributed by atoms with Crippen LogP contribution in [0, 0.1) is 0 Å². The van der Waals surface area contributed by atoms with Gasteiger partial charge in [0.05, 0.1) is 36.1 Å². The third-order valence-corrected chi connectivity index (χ3v) is 5.27. The number of rotatable bonds is 3. The fourth-order valence-electron chi connectivity index (χ4n) is 3.36. The van der Waals surface area contributed by atoms with Crippen LogP contribution in [-0.4, -0.2) is 32.8 Å². The Morgan fingerprint density at radius 3 is 2.60 bits per heavy atom. The summed E-state index contributed by atoms with van der Waals surface area (Å²) in [7, 11) is 1.56. The minimum Gasteiger partial charge on any atom is -0.383 e. The van der Waals surface area contributed by atoms with Gasteiger partial charge in [0.1, 0.15) is 5.82 Å². The number of nitrogen functional groups attached to an aromatic ring is 1. The second kappa shape index (κ2) is 7.21. The quantitative estimate of drug-likeness (QED) is 0.701. The minimum atomic E-state index is -4.46. The first-order chi connectivity index (χ1) is 14.2. The second-order valence-corrected chi connectivity index (χ2v) is 7.10. The summed E-state index contributed by atoms with van der Waals surface area (Å²) in [6.45, 7) is 2.41. The zero-order valence-corrected chi connectivity index (χ0v) is 16.2. The van der Waals surface area contributed by atoms with Crippen LogP contribution in [-0.2, 0) is 24.1 Å². The van der Waals surface area contributed by atoms with Gasteiger partial charge in [-0.2, -0.15) is 13.2 Å². The van der Waals surface area contributed by atoms with E-state index in [9.17, 15) is 18.0 Å². The van der Waals surface area contributed by atoms with Gasteiger partial charge in [-0.1, -0.05) is 0 Å². The molecule has 0 saturated heterocycles. The number of pyridine rings is 3. The van der Waals surface area contributed by atoms with Gasteiger partial charge in [0.25, 0.3) is 5.91 Å². The molecule has 1 atom stereocenters. The summed E-state index contributed by atoms with van der Waals surface area (Å²) in [5, 5.41) is 0.691. The highest BCUT2D eigenvalue weighted by Crippen LogP contribution is 2.32. The number of hydrogen-bond donors (Lipinski definition) is 1. The lowest BCUT2D eigenvalue weighted by Crippen LogP contribution is -2.30. The lowest BCUT2D eigenvalue weighted by Gasteiger charge is -2.25. The fourth-order valence-corrected chi connectivity index (χ4v) is 3.36. The Morgan fingerprint density at radius 1 is 1.20 bits per heavy atom. The molecule has 1 aliphatic rings. The summed E-state index contributed by atoms with van der Waals surface area (Å²) in [6.07, 6.45) is -2.29. The summed E-state index contributed by atoms with van der Waals surface area (Å²) in [4.78, 5) is 26.8. The molecule has 3 aromatic rings. The molecular weight excluding hydrogens is 399 g/mol. The van der Waals surface area contributed by atoms with Crippen LogP contribution in [0.5, 0.6) is 0 Å². The Hall–Kier alpha value is -3.27. The van der Waals surface area contributed by atoms with Crippen molar-refractivity contribution in [3.63, 3.8) is 0 Å². The van der Waals surface area contributed by atoms with Gasteiger partial charge >= 0.3 is 6.18 Å². The van der Waals surface area contributed by atoms with E-state index in [1.165, 1.54) is 17.2 Å². The number of fused-ring (bicyclic) bond motifs is 3. The number of nitrogens with two attached hydrogens (primary N) is 1. The molecule has 7 nitrogen and oxygen atoms in total. The molecule has 10 heteroatoms. The van der Waals surface area contributed by atoms with Crippen LogP contribution in [0.15, 0.2) is 30.6 Å². The number of nitrogens with zero attached hydrogens (tertiary/aromatic N) is 4. The predicted octanol–water partition coefficient (Wildman–Crippen LogP) is 3.49. The number of hydrogen-bond acceptors (Lipinski definition) is 6. The molecule has 4 rings (SSSR count). The summed E-state index contributed by atoms with van der Waals surface area (Å²) in [5.74, 6) is 0.0174. The molecule has 30 heavy (non-hydrogen) atoms. The predicted molar refractivity (Wildman–Crippen MR) is 102 cm³/mol. The normalized spacial score (nSPS) is 14.6. The van der Waals surface area contributed by atoms with Gasteiger partial charge in [-0.05, 0) is 30.7 Å². The van der Waals surface area contributed by atoms with Crippen molar-refractivity contribution >= 4 is 22.8 Å². The molecule has 0 saturated carbocycles. The van der Waals surface area contributed by atoms with E-state index in [2.05, 4.69) is 15.0 Å². The Kier molecular flexibility index (Phi) is 4.81. The number of ether oxygens (including phenoxy) is 1. The van der Waals surface area contributed by atoms with Crippen molar-refractivity contribution in [3.8, 4) is 0 Å². The van der Waals surface area contributed by atoms with E-state index in [4.69, 9.17) is 10.5 Å². The molecule has 3 aromatic heterocycles. The second-order valence-electron chi connectivity index (χ2n) is 7.10. The maximum atomic E-state index is 13.0. The molecule has 1 aliphatic heterocycles. The standard InChI is InChI=1S/C20H18F3N5O2/c1-10(16-4-3-12(7-25-16)20(21,22)23)28(2)19(29)11-5-13-14-8-30-9-15(14)17(24)27-18(13)26-6-11/h3-7,10H,8-9H2,1-2H3,(H2,24,26,27)/t10-/m1/s1. The van der Waals surface area contributed by atoms with Crippen LogP contribution < -0.4 is 5.73 Å². The first kappa shape index (κ1) is 20.0. The Balaban J connectivity index is 1.62. The highest BCUT2D eigenvalue weighted by atomic mass is 19.4. The average molecular weight is 417 g/mol. The largest absolute Gasteiger partial charge is 0.417 e. The van der Waals surface area contributed by atoms with Crippen LogP contribution in [0.4, 0.5) is 19.0 Å². The third-order valence-electron chi connectivity index (χ3n) is 5.27. The Labute approximate surface area is 169 Å². The van der Waals surface area contributed by atoms with Crippen molar-refractivity contribution in [2.45, 2.75) is 32.4 Å². The zero-order chi connectivity index (χ0) is 21.6. The number of amides is 1. The summed E-state index contributed by atoms with van der Waals surface area (Å²) >= 11 is 0. The first-order valence-corrected chi connectivity index (χ1v) is 9.12. The molecule has 0 spiro atoms. The molecule has 2 N–H and O–H groups in total. The lowest BCUT2D eigenvalue weighted by atomic mass is 10.0. The zero-order valence-electron chi connectivity index (χ0n) is 16.2. The Bertz CT molecular complexity index is 1130. The topological polar surface area (TPSA) is 94.2 Å².